The van der Waals surface area contributed by atoms with Gasteiger partial charge in [0.1, 0.15) is 0 Å². The molecule has 2 amide bonds. The Balaban J connectivity index is 1.74. The highest BCUT2D eigenvalue weighted by atomic mass is 16.2. The molecule has 0 radical (unpaired) electrons. The van der Waals surface area contributed by atoms with Crippen LogP contribution in [0.2, 0.25) is 0 Å². The van der Waals surface area contributed by atoms with Crippen LogP contribution in [0.3, 0.4) is 0 Å². The number of carbonyl (C=O) groups excluding carboxylic acids is 2. The van der Waals surface area contributed by atoms with Gasteiger partial charge in [-0.3, -0.25) is 9.59 Å². The van der Waals surface area contributed by atoms with Crippen LogP contribution in [0, 0.1) is 20.8 Å². The molecule has 1 heterocycles. The predicted octanol–water partition coefficient (Wildman–Crippen LogP) is 3.84. The normalized spacial score (nSPS) is 13.1. The van der Waals surface area contributed by atoms with Crippen molar-refractivity contribution in [3.05, 3.63) is 63.7 Å². The number of hydrogen-bond donors (Lipinski definition) is 1. The van der Waals surface area contributed by atoms with Crippen LogP contribution in [0.25, 0.3) is 0 Å². The number of carbonyl (C=O) groups is 2. The molecule has 1 aliphatic heterocycles. The molecule has 26 heavy (non-hydrogen) atoms. The van der Waals surface area contributed by atoms with Crippen LogP contribution in [0.1, 0.15) is 51.5 Å². The smallest absolute Gasteiger partial charge is 0.251 e. The molecule has 4 nitrogen and oxygen atoms in total. The average molecular weight is 350 g/mol. The summed E-state index contributed by atoms with van der Waals surface area (Å²) in [6.45, 7) is 9.52. The van der Waals surface area contributed by atoms with E-state index in [4.69, 9.17) is 0 Å². The maximum atomic E-state index is 12.6. The summed E-state index contributed by atoms with van der Waals surface area (Å²) in [6.07, 6.45) is 1.30. The fraction of sp³-hybridized carbons (Fsp3) is 0.364. The number of anilines is 1. The van der Waals surface area contributed by atoms with E-state index >= 15 is 0 Å². The Morgan fingerprint density at radius 3 is 2.46 bits per heavy atom. The zero-order valence-corrected chi connectivity index (χ0v) is 16.0. The van der Waals surface area contributed by atoms with E-state index in [0.29, 0.717) is 18.5 Å². The molecule has 1 aliphatic rings. The molecule has 0 bridgehead atoms. The van der Waals surface area contributed by atoms with Crippen LogP contribution in [0.4, 0.5) is 5.69 Å². The summed E-state index contributed by atoms with van der Waals surface area (Å²) in [6, 6.07) is 9.83. The summed E-state index contributed by atoms with van der Waals surface area (Å²) in [5.74, 6) is 0.0129. The van der Waals surface area contributed by atoms with Crippen molar-refractivity contribution in [2.45, 2.75) is 47.1 Å². The van der Waals surface area contributed by atoms with Crippen molar-refractivity contribution in [2.75, 3.05) is 11.4 Å². The Hall–Kier alpha value is -2.62. The number of benzene rings is 2. The van der Waals surface area contributed by atoms with Crippen LogP contribution >= 0.6 is 0 Å². The highest BCUT2D eigenvalue weighted by Crippen LogP contribution is 2.30. The molecule has 1 N–H and O–H groups in total. The third kappa shape index (κ3) is 3.50. The van der Waals surface area contributed by atoms with E-state index in [0.717, 1.165) is 29.8 Å². The van der Waals surface area contributed by atoms with Gasteiger partial charge in [-0.05, 0) is 67.6 Å². The molecule has 0 saturated carbocycles. The maximum Gasteiger partial charge on any atom is 0.251 e. The van der Waals surface area contributed by atoms with E-state index < -0.39 is 0 Å². The molecule has 0 aromatic heterocycles. The number of fused-ring (bicyclic) bond motifs is 1. The van der Waals surface area contributed by atoms with Gasteiger partial charge in [0.15, 0.2) is 0 Å². The number of nitrogens with zero attached hydrogens (tertiary/aromatic N) is 1. The largest absolute Gasteiger partial charge is 0.348 e. The first-order chi connectivity index (χ1) is 12.4. The summed E-state index contributed by atoms with van der Waals surface area (Å²) in [5, 5.41) is 3.02. The topological polar surface area (TPSA) is 49.4 Å². The second-order valence-electron chi connectivity index (χ2n) is 7.13. The molecule has 4 heteroatoms. The minimum absolute atomic E-state index is 0.103. The summed E-state index contributed by atoms with van der Waals surface area (Å²) >= 11 is 0. The van der Waals surface area contributed by atoms with E-state index in [-0.39, 0.29) is 11.8 Å². The zero-order chi connectivity index (χ0) is 18.8. The van der Waals surface area contributed by atoms with Crippen molar-refractivity contribution in [1.82, 2.24) is 5.32 Å². The molecule has 0 spiro atoms. The van der Waals surface area contributed by atoms with Crippen LogP contribution in [0.5, 0.6) is 0 Å². The molecule has 0 aliphatic carbocycles. The first-order valence-electron chi connectivity index (χ1n) is 9.19. The standard InChI is InChI=1S/C22H26N2O2/c1-5-8-24-20-7-6-17(11-18(20)12-21(24)25)22(26)23-13-19-15(3)9-14(2)10-16(19)4/h6-7,9-11H,5,8,12-13H2,1-4H3,(H,23,26). The fourth-order valence-corrected chi connectivity index (χ4v) is 3.75. The molecule has 2 aromatic rings. The molecule has 0 fully saturated rings. The fourth-order valence-electron chi connectivity index (χ4n) is 3.75. The Kier molecular flexibility index (Phi) is 5.12. The van der Waals surface area contributed by atoms with Gasteiger partial charge in [-0.1, -0.05) is 24.6 Å². The van der Waals surface area contributed by atoms with E-state index in [9.17, 15) is 9.59 Å². The number of aryl methyl sites for hydroxylation is 3. The quantitative estimate of drug-likeness (QED) is 0.891. The van der Waals surface area contributed by atoms with Gasteiger partial charge in [-0.15, -0.1) is 0 Å². The van der Waals surface area contributed by atoms with Gasteiger partial charge in [-0.25, -0.2) is 0 Å². The number of amides is 2. The van der Waals surface area contributed by atoms with E-state index in [2.05, 4.69) is 45.1 Å². The maximum absolute atomic E-state index is 12.6. The number of nitrogens with one attached hydrogen (secondary N) is 1. The Labute approximate surface area is 155 Å². The van der Waals surface area contributed by atoms with Crippen molar-refractivity contribution in [3.8, 4) is 0 Å². The van der Waals surface area contributed by atoms with E-state index in [1.165, 1.54) is 16.7 Å². The van der Waals surface area contributed by atoms with Gasteiger partial charge in [0.25, 0.3) is 5.91 Å². The van der Waals surface area contributed by atoms with E-state index in [1.54, 1.807) is 0 Å². The Bertz CT molecular complexity index is 847. The van der Waals surface area contributed by atoms with Gasteiger partial charge in [0, 0.05) is 24.3 Å². The molecule has 2 aromatic carbocycles. The molecule has 136 valence electrons. The van der Waals surface area contributed by atoms with Crippen molar-refractivity contribution in [2.24, 2.45) is 0 Å². The first-order valence-corrected chi connectivity index (χ1v) is 9.19. The lowest BCUT2D eigenvalue weighted by Crippen LogP contribution is -2.27. The van der Waals surface area contributed by atoms with Gasteiger partial charge >= 0.3 is 0 Å². The van der Waals surface area contributed by atoms with Crippen LogP contribution in [0.15, 0.2) is 30.3 Å². The highest BCUT2D eigenvalue weighted by molar-refractivity contribution is 6.03. The minimum Gasteiger partial charge on any atom is -0.348 e. The van der Waals surface area contributed by atoms with Gasteiger partial charge in [0.05, 0.1) is 6.42 Å². The number of rotatable bonds is 5. The van der Waals surface area contributed by atoms with Crippen LogP contribution in [-0.2, 0) is 17.8 Å². The second kappa shape index (κ2) is 7.32. The highest BCUT2D eigenvalue weighted by Gasteiger charge is 2.27. The third-order valence-electron chi connectivity index (χ3n) is 4.99. The summed E-state index contributed by atoms with van der Waals surface area (Å²) in [7, 11) is 0. The summed E-state index contributed by atoms with van der Waals surface area (Å²) in [5.41, 5.74) is 7.27. The first kappa shape index (κ1) is 18.2. The monoisotopic (exact) mass is 350 g/mol. The van der Waals surface area contributed by atoms with Crippen LogP contribution < -0.4 is 10.2 Å². The predicted molar refractivity (Wildman–Crippen MR) is 105 cm³/mol. The molecular weight excluding hydrogens is 324 g/mol. The lowest BCUT2D eigenvalue weighted by molar-refractivity contribution is -0.117. The van der Waals surface area contributed by atoms with Crippen LogP contribution in [-0.4, -0.2) is 18.4 Å². The summed E-state index contributed by atoms with van der Waals surface area (Å²) in [4.78, 5) is 26.5. The molecule has 0 unspecified atom stereocenters. The van der Waals surface area contributed by atoms with E-state index in [1.807, 2.05) is 23.1 Å². The molecule has 0 atom stereocenters. The number of hydrogen-bond acceptors (Lipinski definition) is 2. The average Bonchev–Trinajstić information content (AvgIpc) is 2.89. The second-order valence-corrected chi connectivity index (χ2v) is 7.13. The lowest BCUT2D eigenvalue weighted by atomic mass is 9.99. The molecule has 0 saturated heterocycles. The van der Waals surface area contributed by atoms with Crippen molar-refractivity contribution < 1.29 is 9.59 Å². The van der Waals surface area contributed by atoms with Gasteiger partial charge < -0.3 is 10.2 Å². The minimum atomic E-state index is -0.103. The lowest BCUT2D eigenvalue weighted by Gasteiger charge is -2.16. The third-order valence-corrected chi connectivity index (χ3v) is 4.99. The summed E-state index contributed by atoms with van der Waals surface area (Å²) < 4.78 is 0. The SMILES string of the molecule is CCCN1C(=O)Cc2cc(C(=O)NCc3c(C)cc(C)cc3C)ccc21. The van der Waals surface area contributed by atoms with Gasteiger partial charge in [0.2, 0.25) is 5.91 Å². The van der Waals surface area contributed by atoms with Crippen molar-refractivity contribution in [3.63, 3.8) is 0 Å². The van der Waals surface area contributed by atoms with Crippen molar-refractivity contribution >= 4 is 17.5 Å². The van der Waals surface area contributed by atoms with Crippen molar-refractivity contribution in [1.29, 1.82) is 0 Å². The molecular formula is C22H26N2O2. The molecule has 3 rings (SSSR count). The van der Waals surface area contributed by atoms with Gasteiger partial charge in [-0.2, -0.15) is 0 Å². The Morgan fingerprint density at radius 2 is 1.81 bits per heavy atom. The zero-order valence-electron chi connectivity index (χ0n) is 16.0. The Morgan fingerprint density at radius 1 is 1.12 bits per heavy atom.